The molecule has 0 aliphatic heterocycles. The summed E-state index contributed by atoms with van der Waals surface area (Å²) >= 11 is 1.70. The first-order valence-corrected chi connectivity index (χ1v) is 9.11. The molecule has 0 saturated heterocycles. The molecule has 2 unspecified atom stereocenters. The van der Waals surface area contributed by atoms with Gasteiger partial charge in [-0.25, -0.2) is 0 Å². The molecular weight excluding hydrogens is 250 g/mol. The third kappa shape index (κ3) is 9.13. The molecule has 0 rings (SSSR count). The summed E-state index contributed by atoms with van der Waals surface area (Å²) in [6.07, 6.45) is 2.56. The van der Waals surface area contributed by atoms with Crippen LogP contribution in [-0.2, 0) is 9.13 Å². The van der Waals surface area contributed by atoms with Gasteiger partial charge in [-0.3, -0.25) is 0 Å². The lowest BCUT2D eigenvalue weighted by molar-refractivity contribution is 0.518. The third-order valence-corrected chi connectivity index (χ3v) is 6.55. The molecule has 0 aliphatic carbocycles. The van der Waals surface area contributed by atoms with E-state index in [4.69, 9.17) is 9.79 Å². The Morgan fingerprint density at radius 1 is 1.23 bits per heavy atom. The molecular formula is C5H12O4P2S2+2. The lowest BCUT2D eigenvalue weighted by Gasteiger charge is -1.98. The molecule has 0 bridgehead atoms. The van der Waals surface area contributed by atoms with Gasteiger partial charge in [0.15, 0.2) is 27.3 Å². The van der Waals surface area contributed by atoms with Gasteiger partial charge in [0.25, 0.3) is 0 Å². The second kappa shape index (κ2) is 8.16. The molecule has 0 spiro atoms. The molecule has 0 aromatic carbocycles. The fourth-order valence-electron chi connectivity index (χ4n) is 0.697. The quantitative estimate of drug-likeness (QED) is 0.541. The number of rotatable bonds is 7. The molecule has 13 heavy (non-hydrogen) atoms. The summed E-state index contributed by atoms with van der Waals surface area (Å²) in [5.74, 6) is 0. The van der Waals surface area contributed by atoms with E-state index in [1.54, 1.807) is 0 Å². The second-order valence-electron chi connectivity index (χ2n) is 2.26. The van der Waals surface area contributed by atoms with E-state index in [1.807, 2.05) is 6.92 Å². The van der Waals surface area contributed by atoms with Crippen LogP contribution in [0, 0.1) is 0 Å². The standard InChI is InChI=1S/C5H10O4P2S2/c1-2-3-4-5(12-10(6)7)13-11(8)9/h5H,2-4H2,1H3/p+2. The Hall–Kier alpha value is 0.820. The zero-order valence-corrected chi connectivity index (χ0v) is 10.5. The van der Waals surface area contributed by atoms with Crippen LogP contribution in [0.2, 0.25) is 0 Å². The lowest BCUT2D eigenvalue weighted by Crippen LogP contribution is -1.92. The molecule has 2 N–H and O–H groups in total. The van der Waals surface area contributed by atoms with Crippen LogP contribution in [0.25, 0.3) is 0 Å². The van der Waals surface area contributed by atoms with Crippen molar-refractivity contribution in [3.8, 4) is 0 Å². The van der Waals surface area contributed by atoms with E-state index >= 15 is 0 Å². The van der Waals surface area contributed by atoms with Gasteiger partial charge in [0.05, 0.1) is 0 Å². The van der Waals surface area contributed by atoms with E-state index in [2.05, 4.69) is 0 Å². The maximum atomic E-state index is 10.5. The van der Waals surface area contributed by atoms with E-state index < -0.39 is 14.5 Å². The van der Waals surface area contributed by atoms with Crippen LogP contribution in [0.5, 0.6) is 0 Å². The highest BCUT2D eigenvalue weighted by atomic mass is 32.8. The van der Waals surface area contributed by atoms with Crippen molar-refractivity contribution in [1.29, 1.82) is 0 Å². The molecule has 0 saturated carbocycles. The van der Waals surface area contributed by atoms with Gasteiger partial charge in [-0.1, -0.05) is 19.8 Å². The summed E-state index contributed by atoms with van der Waals surface area (Å²) in [6, 6.07) is 0. The minimum atomic E-state index is -2.28. The van der Waals surface area contributed by atoms with Gasteiger partial charge in [0.2, 0.25) is 0 Å². The summed E-state index contributed by atoms with van der Waals surface area (Å²) in [4.78, 5) is 17.2. The molecule has 4 nitrogen and oxygen atoms in total. The average Bonchev–Trinajstić information content (AvgIpc) is 1.98. The zero-order valence-electron chi connectivity index (χ0n) is 7.12. The molecule has 0 aromatic heterocycles. The molecule has 2 atom stereocenters. The van der Waals surface area contributed by atoms with Crippen molar-refractivity contribution in [3.63, 3.8) is 0 Å². The van der Waals surface area contributed by atoms with Crippen molar-refractivity contribution in [2.75, 3.05) is 0 Å². The lowest BCUT2D eigenvalue weighted by atomic mass is 10.3. The van der Waals surface area contributed by atoms with Crippen molar-refractivity contribution in [2.24, 2.45) is 0 Å². The number of hydrogen-bond acceptors (Lipinski definition) is 4. The number of hydrogen-bond donors (Lipinski definition) is 2. The summed E-state index contributed by atoms with van der Waals surface area (Å²) < 4.78 is 20.7. The highest BCUT2D eigenvalue weighted by molar-refractivity contribution is 8.61. The maximum absolute atomic E-state index is 10.5. The monoisotopic (exact) mass is 262 g/mol. The van der Waals surface area contributed by atoms with Crippen molar-refractivity contribution in [2.45, 2.75) is 30.8 Å². The zero-order chi connectivity index (χ0) is 10.3. The van der Waals surface area contributed by atoms with Crippen molar-refractivity contribution in [3.05, 3.63) is 0 Å². The summed E-state index contributed by atoms with van der Waals surface area (Å²) in [5, 5.41) is 0. The predicted octanol–water partition coefficient (Wildman–Crippen LogP) is 3.27. The molecule has 0 aromatic rings. The first kappa shape index (κ1) is 13.8. The van der Waals surface area contributed by atoms with Gasteiger partial charge in [0, 0.05) is 0 Å². The Morgan fingerprint density at radius 2 is 1.69 bits per heavy atom. The largest absolute Gasteiger partial charge is 0.584 e. The first-order chi connectivity index (χ1) is 6.06. The summed E-state index contributed by atoms with van der Waals surface area (Å²) in [7, 11) is -4.56. The van der Waals surface area contributed by atoms with Crippen molar-refractivity contribution in [1.82, 2.24) is 0 Å². The fourth-order valence-corrected chi connectivity index (χ4v) is 6.35. The fraction of sp³-hybridized carbons (Fsp3) is 1.00. The number of unbranched alkanes of at least 4 members (excludes halogenated alkanes) is 1. The van der Waals surface area contributed by atoms with Crippen molar-refractivity contribution >= 4 is 37.2 Å². The molecule has 76 valence electrons. The van der Waals surface area contributed by atoms with E-state index in [0.29, 0.717) is 6.42 Å². The SMILES string of the molecule is CCCCC(S[P+](=O)O)S[P+](=O)O. The van der Waals surface area contributed by atoms with Crippen LogP contribution < -0.4 is 0 Å². The first-order valence-electron chi connectivity index (χ1n) is 3.72. The maximum Gasteiger partial charge on any atom is 0.584 e. The van der Waals surface area contributed by atoms with Crippen LogP contribution >= 0.6 is 37.2 Å². The Labute approximate surface area is 87.1 Å². The molecule has 0 radical (unpaired) electrons. The van der Waals surface area contributed by atoms with Crippen LogP contribution in [-0.4, -0.2) is 14.4 Å². The Morgan fingerprint density at radius 3 is 2.00 bits per heavy atom. The Bertz CT molecular complexity index is 173. The molecule has 0 heterocycles. The molecule has 0 fully saturated rings. The van der Waals surface area contributed by atoms with Crippen LogP contribution in [0.1, 0.15) is 26.2 Å². The van der Waals surface area contributed by atoms with Crippen LogP contribution in [0.15, 0.2) is 0 Å². The van der Waals surface area contributed by atoms with E-state index in [0.717, 1.165) is 35.6 Å². The van der Waals surface area contributed by atoms with E-state index in [9.17, 15) is 9.13 Å². The summed E-state index contributed by atoms with van der Waals surface area (Å²) in [5.41, 5.74) is 0. The van der Waals surface area contributed by atoms with Gasteiger partial charge in [-0.15, -0.1) is 0 Å². The molecule has 0 amide bonds. The van der Waals surface area contributed by atoms with E-state index in [-0.39, 0.29) is 4.58 Å². The third-order valence-electron chi connectivity index (χ3n) is 1.21. The Kier molecular flexibility index (Phi) is 8.67. The highest BCUT2D eigenvalue weighted by Crippen LogP contribution is 2.50. The highest BCUT2D eigenvalue weighted by Gasteiger charge is 2.32. The Balaban J connectivity index is 3.87. The topological polar surface area (TPSA) is 74.6 Å². The van der Waals surface area contributed by atoms with Crippen molar-refractivity contribution < 1.29 is 18.9 Å². The van der Waals surface area contributed by atoms with Crippen LogP contribution in [0.4, 0.5) is 0 Å². The average molecular weight is 262 g/mol. The van der Waals surface area contributed by atoms with Gasteiger partial charge < -0.3 is 0 Å². The van der Waals surface area contributed by atoms with E-state index in [1.165, 1.54) is 0 Å². The predicted molar refractivity (Wildman–Crippen MR) is 58.1 cm³/mol. The smallest absolute Gasteiger partial charge is 0.151 e. The van der Waals surface area contributed by atoms with Gasteiger partial charge in [-0.05, 0) is 15.6 Å². The molecule has 8 heteroatoms. The molecule has 0 aliphatic rings. The van der Waals surface area contributed by atoms with Gasteiger partial charge >= 0.3 is 14.5 Å². The van der Waals surface area contributed by atoms with Gasteiger partial charge in [0.1, 0.15) is 0 Å². The minimum absolute atomic E-state index is 0.248. The second-order valence-corrected chi connectivity index (χ2v) is 8.21. The minimum Gasteiger partial charge on any atom is -0.151 e. The van der Waals surface area contributed by atoms with Crippen LogP contribution in [0.3, 0.4) is 0 Å². The van der Waals surface area contributed by atoms with Gasteiger partial charge in [-0.2, -0.15) is 9.79 Å². The normalized spacial score (nSPS) is 15.3. The summed E-state index contributed by atoms with van der Waals surface area (Å²) in [6.45, 7) is 2.00.